The first-order valence-corrected chi connectivity index (χ1v) is 7.60. The highest BCUT2D eigenvalue weighted by atomic mass is 35.5. The smallest absolute Gasteiger partial charge is 0.0294 e. The van der Waals surface area contributed by atoms with Gasteiger partial charge in [-0.05, 0) is 44.2 Å². The maximum absolute atomic E-state index is 3.68. The molecule has 0 amide bonds. The van der Waals surface area contributed by atoms with Gasteiger partial charge in [0, 0.05) is 12.1 Å². The van der Waals surface area contributed by atoms with E-state index in [-0.39, 0.29) is 12.4 Å². The lowest BCUT2D eigenvalue weighted by Crippen LogP contribution is -2.28. The van der Waals surface area contributed by atoms with Gasteiger partial charge >= 0.3 is 0 Å². The largest absolute Gasteiger partial charge is 0.308 e. The summed E-state index contributed by atoms with van der Waals surface area (Å²) < 4.78 is 0. The van der Waals surface area contributed by atoms with E-state index in [9.17, 15) is 0 Å². The van der Waals surface area contributed by atoms with E-state index in [1.807, 2.05) is 0 Å². The number of benzene rings is 2. The third-order valence-electron chi connectivity index (χ3n) is 3.78. The highest BCUT2D eigenvalue weighted by molar-refractivity contribution is 5.85. The van der Waals surface area contributed by atoms with Crippen molar-refractivity contribution in [2.75, 3.05) is 0 Å². The van der Waals surface area contributed by atoms with Crippen LogP contribution in [0, 0.1) is 0 Å². The molecule has 2 aromatic carbocycles. The van der Waals surface area contributed by atoms with Crippen LogP contribution in [0.1, 0.15) is 43.9 Å². The van der Waals surface area contributed by atoms with Crippen LogP contribution in [0.15, 0.2) is 60.7 Å². The predicted octanol–water partition coefficient (Wildman–Crippen LogP) is 5.17. The molecule has 0 aliphatic heterocycles. The normalized spacial score (nSPS) is 13.2. The third kappa shape index (κ3) is 6.33. The molecule has 0 aromatic heterocycles. The van der Waals surface area contributed by atoms with Gasteiger partial charge in [0.05, 0.1) is 0 Å². The molecular formula is C19H26ClN. The molecule has 0 radical (unpaired) electrons. The highest BCUT2D eigenvalue weighted by Gasteiger charge is 2.08. The third-order valence-corrected chi connectivity index (χ3v) is 3.78. The summed E-state index contributed by atoms with van der Waals surface area (Å²) in [6.45, 7) is 4.52. The Hall–Kier alpha value is -1.31. The fourth-order valence-electron chi connectivity index (χ4n) is 2.61. The minimum absolute atomic E-state index is 0. The number of nitrogens with one attached hydrogen (secondary N) is 1. The molecule has 0 aliphatic carbocycles. The second-order valence-corrected chi connectivity index (χ2v) is 5.58. The maximum Gasteiger partial charge on any atom is 0.0294 e. The van der Waals surface area contributed by atoms with Crippen LogP contribution in [-0.2, 0) is 6.42 Å². The fourth-order valence-corrected chi connectivity index (χ4v) is 2.61. The first-order chi connectivity index (χ1) is 9.75. The molecule has 2 aromatic rings. The van der Waals surface area contributed by atoms with Crippen molar-refractivity contribution in [2.45, 2.75) is 45.2 Å². The van der Waals surface area contributed by atoms with Gasteiger partial charge in [-0.1, -0.05) is 60.7 Å². The molecule has 0 saturated carbocycles. The lowest BCUT2D eigenvalue weighted by molar-refractivity contribution is 0.446. The molecule has 1 nitrogen and oxygen atoms in total. The second kappa shape index (κ2) is 9.59. The van der Waals surface area contributed by atoms with Crippen LogP contribution in [0.5, 0.6) is 0 Å². The van der Waals surface area contributed by atoms with Gasteiger partial charge in [-0.2, -0.15) is 0 Å². The van der Waals surface area contributed by atoms with E-state index in [2.05, 4.69) is 79.8 Å². The molecular weight excluding hydrogens is 278 g/mol. The van der Waals surface area contributed by atoms with E-state index in [4.69, 9.17) is 0 Å². The van der Waals surface area contributed by atoms with Crippen LogP contribution >= 0.6 is 12.4 Å². The first kappa shape index (κ1) is 17.7. The van der Waals surface area contributed by atoms with Crippen LogP contribution in [0.25, 0.3) is 0 Å². The fraction of sp³-hybridized carbons (Fsp3) is 0.368. The molecule has 21 heavy (non-hydrogen) atoms. The number of hydrogen-bond donors (Lipinski definition) is 1. The SMILES string of the molecule is CC(CCCc1ccccc1)NC(C)c1ccccc1.Cl. The Morgan fingerprint density at radius 3 is 2.05 bits per heavy atom. The van der Waals surface area contributed by atoms with Crippen molar-refractivity contribution in [2.24, 2.45) is 0 Å². The molecule has 0 spiro atoms. The van der Waals surface area contributed by atoms with Gasteiger partial charge in [-0.3, -0.25) is 0 Å². The predicted molar refractivity (Wildman–Crippen MR) is 94.1 cm³/mol. The zero-order valence-electron chi connectivity index (χ0n) is 13.0. The van der Waals surface area contributed by atoms with E-state index in [0.29, 0.717) is 12.1 Å². The first-order valence-electron chi connectivity index (χ1n) is 7.60. The molecule has 0 saturated heterocycles. The van der Waals surface area contributed by atoms with Gasteiger partial charge in [-0.25, -0.2) is 0 Å². The molecule has 1 N–H and O–H groups in total. The van der Waals surface area contributed by atoms with Gasteiger partial charge in [0.15, 0.2) is 0 Å². The Labute approximate surface area is 135 Å². The van der Waals surface area contributed by atoms with Crippen molar-refractivity contribution in [3.63, 3.8) is 0 Å². The number of aryl methyl sites for hydroxylation is 1. The van der Waals surface area contributed by atoms with Gasteiger partial charge in [0.2, 0.25) is 0 Å². The Balaban J connectivity index is 0.00000220. The summed E-state index contributed by atoms with van der Waals surface area (Å²) in [5.74, 6) is 0. The van der Waals surface area contributed by atoms with Gasteiger partial charge in [-0.15, -0.1) is 12.4 Å². The molecule has 0 aliphatic rings. The molecule has 114 valence electrons. The molecule has 0 heterocycles. The molecule has 2 heteroatoms. The van der Waals surface area contributed by atoms with E-state index < -0.39 is 0 Å². The molecule has 2 unspecified atom stereocenters. The Kier molecular flexibility index (Phi) is 8.11. The number of rotatable bonds is 7. The average Bonchev–Trinajstić information content (AvgIpc) is 2.49. The Morgan fingerprint density at radius 1 is 0.857 bits per heavy atom. The van der Waals surface area contributed by atoms with Crippen molar-refractivity contribution in [3.05, 3.63) is 71.8 Å². The van der Waals surface area contributed by atoms with Crippen LogP contribution in [0.2, 0.25) is 0 Å². The molecule has 2 rings (SSSR count). The number of hydrogen-bond acceptors (Lipinski definition) is 1. The second-order valence-electron chi connectivity index (χ2n) is 5.58. The van der Waals surface area contributed by atoms with Gasteiger partial charge in [0.1, 0.15) is 0 Å². The standard InChI is InChI=1S/C19H25N.ClH/c1-16(10-9-13-18-11-5-3-6-12-18)20-17(2)19-14-7-4-8-15-19;/h3-8,11-12,14-17,20H,9-10,13H2,1-2H3;1H. The summed E-state index contributed by atoms with van der Waals surface area (Å²) >= 11 is 0. The lowest BCUT2D eigenvalue weighted by atomic mass is 10.0. The minimum Gasteiger partial charge on any atom is -0.308 e. The van der Waals surface area contributed by atoms with Crippen LogP contribution in [0.4, 0.5) is 0 Å². The van der Waals surface area contributed by atoms with Crippen molar-refractivity contribution in [1.29, 1.82) is 0 Å². The van der Waals surface area contributed by atoms with E-state index in [1.54, 1.807) is 0 Å². The van der Waals surface area contributed by atoms with Crippen molar-refractivity contribution >= 4 is 12.4 Å². The van der Waals surface area contributed by atoms with Crippen LogP contribution < -0.4 is 5.32 Å². The summed E-state index contributed by atoms with van der Waals surface area (Å²) in [4.78, 5) is 0. The Morgan fingerprint density at radius 2 is 1.43 bits per heavy atom. The molecule has 2 atom stereocenters. The van der Waals surface area contributed by atoms with Gasteiger partial charge in [0.25, 0.3) is 0 Å². The summed E-state index contributed by atoms with van der Waals surface area (Å²) in [5, 5.41) is 3.68. The maximum atomic E-state index is 3.68. The topological polar surface area (TPSA) is 12.0 Å². The number of halogens is 1. The zero-order valence-corrected chi connectivity index (χ0v) is 13.8. The zero-order chi connectivity index (χ0) is 14.2. The quantitative estimate of drug-likeness (QED) is 0.744. The van der Waals surface area contributed by atoms with Crippen molar-refractivity contribution in [3.8, 4) is 0 Å². The van der Waals surface area contributed by atoms with Crippen molar-refractivity contribution in [1.82, 2.24) is 5.32 Å². The van der Waals surface area contributed by atoms with E-state index in [0.717, 1.165) is 0 Å². The minimum atomic E-state index is 0. The highest BCUT2D eigenvalue weighted by Crippen LogP contribution is 2.14. The summed E-state index contributed by atoms with van der Waals surface area (Å²) in [6.07, 6.45) is 3.62. The van der Waals surface area contributed by atoms with Crippen LogP contribution in [-0.4, -0.2) is 6.04 Å². The van der Waals surface area contributed by atoms with E-state index >= 15 is 0 Å². The lowest BCUT2D eigenvalue weighted by Gasteiger charge is -2.20. The monoisotopic (exact) mass is 303 g/mol. The summed E-state index contributed by atoms with van der Waals surface area (Å²) in [7, 11) is 0. The molecule has 0 bridgehead atoms. The summed E-state index contributed by atoms with van der Waals surface area (Å²) in [5.41, 5.74) is 2.80. The van der Waals surface area contributed by atoms with Gasteiger partial charge < -0.3 is 5.32 Å². The Bertz CT molecular complexity index is 483. The van der Waals surface area contributed by atoms with E-state index in [1.165, 1.54) is 30.4 Å². The summed E-state index contributed by atoms with van der Waals surface area (Å²) in [6, 6.07) is 22.4. The molecule has 0 fully saturated rings. The average molecular weight is 304 g/mol. The van der Waals surface area contributed by atoms with Crippen LogP contribution in [0.3, 0.4) is 0 Å². The van der Waals surface area contributed by atoms with Crippen molar-refractivity contribution < 1.29 is 0 Å².